The van der Waals surface area contributed by atoms with Gasteiger partial charge in [-0.1, -0.05) is 174 Å². The highest BCUT2D eigenvalue weighted by Gasteiger charge is 2.48. The molecule has 0 aliphatic rings. The Morgan fingerprint density at radius 1 is 0.297 bits per heavy atom. The molecule has 64 heavy (non-hydrogen) atoms. The van der Waals surface area contributed by atoms with E-state index >= 15 is 0 Å². The van der Waals surface area contributed by atoms with Crippen molar-refractivity contribution in [2.75, 3.05) is 13.2 Å². The van der Waals surface area contributed by atoms with Gasteiger partial charge in [0.2, 0.25) is 0 Å². The summed E-state index contributed by atoms with van der Waals surface area (Å²) in [4.78, 5) is 0. The van der Waals surface area contributed by atoms with E-state index in [1.54, 1.807) is 0 Å². The summed E-state index contributed by atoms with van der Waals surface area (Å²) in [6.07, 6.45) is 10.9. The summed E-state index contributed by atoms with van der Waals surface area (Å²) >= 11 is 0. The molecular weight excluding hydrogens is 815 g/mol. The summed E-state index contributed by atoms with van der Waals surface area (Å²) in [6.45, 7) is 5.91. The Hall–Kier alpha value is -5.52. The second kappa shape index (κ2) is 22.4. The summed E-state index contributed by atoms with van der Waals surface area (Å²) in [6, 6.07) is 76.9. The molecule has 0 aromatic heterocycles. The first kappa shape index (κ1) is 45.1. The Labute approximate surface area is 384 Å². The minimum Gasteiger partial charge on any atom is -0.493 e. The maximum atomic E-state index is 7.18. The van der Waals surface area contributed by atoms with Gasteiger partial charge in [-0.2, -0.15) is 0 Å². The summed E-state index contributed by atoms with van der Waals surface area (Å²) in [7, 11) is -4.43. The zero-order valence-electron chi connectivity index (χ0n) is 37.8. The zero-order valence-corrected chi connectivity index (χ0v) is 39.6. The highest BCUT2D eigenvalue weighted by atomic mass is 31.2. The Bertz CT molecular complexity index is 2240. The lowest BCUT2D eigenvalue weighted by Gasteiger charge is -2.30. The first-order valence-electron chi connectivity index (χ1n) is 23.6. The predicted octanol–water partition coefficient (Wildman–Crippen LogP) is 13.7. The average Bonchev–Trinajstić information content (AvgIpc) is 3.37. The van der Waals surface area contributed by atoms with Gasteiger partial charge >= 0.3 is 0 Å². The lowest BCUT2D eigenvalue weighted by molar-refractivity contribution is 0.303. The van der Waals surface area contributed by atoms with Crippen molar-refractivity contribution in [2.24, 2.45) is 0 Å². The molecule has 0 aliphatic heterocycles. The average molecular weight is 879 g/mol. The van der Waals surface area contributed by atoms with Gasteiger partial charge in [0, 0.05) is 21.9 Å². The molecule has 0 fully saturated rings. The van der Waals surface area contributed by atoms with Crippen LogP contribution in [0.1, 0.15) is 76.3 Å². The van der Waals surface area contributed by atoms with Crippen LogP contribution >= 0.6 is 14.5 Å². The lowest BCUT2D eigenvalue weighted by Crippen LogP contribution is -2.32. The number of ether oxygens (including phenoxy) is 2. The van der Waals surface area contributed by atoms with Gasteiger partial charge in [-0.05, 0) is 97.8 Å². The topological polar surface area (TPSA) is 18.5 Å². The molecule has 0 saturated heterocycles. The van der Waals surface area contributed by atoms with Gasteiger partial charge in [0.05, 0.1) is 13.2 Å². The molecule has 0 saturated carbocycles. The quantitative estimate of drug-likeness (QED) is 0.0499. The van der Waals surface area contributed by atoms with Crippen LogP contribution in [0.5, 0.6) is 11.5 Å². The third-order valence-corrected chi connectivity index (χ3v) is 21.5. The van der Waals surface area contributed by atoms with Crippen molar-refractivity contribution < 1.29 is 9.47 Å². The minimum atomic E-state index is -2.22. The normalized spacial score (nSPS) is 11.7. The molecule has 0 heterocycles. The van der Waals surface area contributed by atoms with E-state index in [4.69, 9.17) is 9.47 Å². The standard InChI is InChI=1S/C60H64O2P2/c1-3-5-7-27-45-61-59-49(47-63(51-29-15-9-16-30-51,52-31-17-10-18-32-52)53-33-19-11-20-34-53)41-44-58-57(59)43-42-50(60(58)62-46-28-8-6-4-2)48-64(54-35-21-12-22-36-54,55-37-23-13-24-38-55)56-39-25-14-26-40-56/h9-26,29-44H,3-8,27-28,45-48H2,1-2H3/q+2. The highest BCUT2D eigenvalue weighted by Crippen LogP contribution is 2.61. The summed E-state index contributed by atoms with van der Waals surface area (Å²) < 4.78 is 14.4. The molecule has 324 valence electrons. The number of rotatable bonds is 22. The molecule has 0 radical (unpaired) electrons. The van der Waals surface area contributed by atoms with Crippen LogP contribution < -0.4 is 41.3 Å². The monoisotopic (exact) mass is 878 g/mol. The van der Waals surface area contributed by atoms with Crippen molar-refractivity contribution in [3.05, 3.63) is 217 Å². The van der Waals surface area contributed by atoms with E-state index < -0.39 is 14.5 Å². The van der Waals surface area contributed by atoms with E-state index in [1.165, 1.54) is 68.6 Å². The summed E-state index contributed by atoms with van der Waals surface area (Å²) in [5.74, 6) is 2.00. The van der Waals surface area contributed by atoms with Gasteiger partial charge in [0.25, 0.3) is 0 Å². The molecule has 0 unspecified atom stereocenters. The van der Waals surface area contributed by atoms with Crippen LogP contribution in [0.3, 0.4) is 0 Å². The van der Waals surface area contributed by atoms with Crippen LogP contribution in [0.2, 0.25) is 0 Å². The Balaban J connectivity index is 1.34. The second-order valence-corrected chi connectivity index (χ2v) is 23.9. The summed E-state index contributed by atoms with van der Waals surface area (Å²) in [5, 5.41) is 10.5. The van der Waals surface area contributed by atoms with Crippen LogP contribution in [0.25, 0.3) is 10.8 Å². The third kappa shape index (κ3) is 9.91. The molecule has 4 heteroatoms. The first-order valence-corrected chi connectivity index (χ1v) is 27.6. The SMILES string of the molecule is CCCCCCOc1c(C[P+](c2ccccc2)(c2ccccc2)c2ccccc2)ccc2c(OCCCCCC)c(C[P+](c3ccccc3)(c3ccccc3)c3ccccc3)ccc12. The number of hydrogen-bond donors (Lipinski definition) is 0. The fraction of sp³-hybridized carbons (Fsp3) is 0.233. The van der Waals surface area contributed by atoms with Crippen molar-refractivity contribution in [3.63, 3.8) is 0 Å². The molecule has 0 aliphatic carbocycles. The van der Waals surface area contributed by atoms with Crippen LogP contribution in [0, 0.1) is 0 Å². The van der Waals surface area contributed by atoms with E-state index in [9.17, 15) is 0 Å². The molecule has 0 atom stereocenters. The zero-order chi connectivity index (χ0) is 43.9. The van der Waals surface area contributed by atoms with E-state index in [0.717, 1.165) is 60.3 Å². The second-order valence-electron chi connectivity index (χ2n) is 17.0. The van der Waals surface area contributed by atoms with Crippen molar-refractivity contribution >= 4 is 57.1 Å². The third-order valence-electron chi connectivity index (χ3n) is 12.8. The van der Waals surface area contributed by atoms with E-state index in [1.807, 2.05) is 0 Å². The first-order chi connectivity index (χ1) is 31.7. The van der Waals surface area contributed by atoms with Crippen molar-refractivity contribution in [2.45, 2.75) is 77.5 Å². The number of fused-ring (bicyclic) bond motifs is 1. The molecule has 8 aromatic rings. The Morgan fingerprint density at radius 2 is 0.562 bits per heavy atom. The van der Waals surface area contributed by atoms with E-state index in [0.29, 0.717) is 13.2 Å². The maximum Gasteiger partial charge on any atom is 0.134 e. The number of hydrogen-bond acceptors (Lipinski definition) is 2. The molecule has 8 rings (SSSR count). The Morgan fingerprint density at radius 3 is 0.812 bits per heavy atom. The molecular formula is C60H64O2P2+2. The van der Waals surface area contributed by atoms with E-state index in [-0.39, 0.29) is 0 Å². The fourth-order valence-electron chi connectivity index (χ4n) is 9.48. The minimum absolute atomic E-state index is 0.680. The van der Waals surface area contributed by atoms with Crippen LogP contribution in [0.15, 0.2) is 206 Å². The fourth-order valence-corrected chi connectivity index (χ4v) is 18.0. The number of benzene rings is 8. The van der Waals surface area contributed by atoms with Gasteiger partial charge in [0.15, 0.2) is 0 Å². The predicted molar refractivity (Wildman–Crippen MR) is 281 cm³/mol. The van der Waals surface area contributed by atoms with Crippen molar-refractivity contribution in [3.8, 4) is 11.5 Å². The van der Waals surface area contributed by atoms with Crippen LogP contribution in [-0.2, 0) is 12.3 Å². The van der Waals surface area contributed by atoms with Gasteiger partial charge in [-0.25, -0.2) is 0 Å². The van der Waals surface area contributed by atoms with Crippen molar-refractivity contribution in [1.29, 1.82) is 0 Å². The van der Waals surface area contributed by atoms with E-state index in [2.05, 4.69) is 220 Å². The molecule has 0 N–H and O–H groups in total. The molecule has 0 amide bonds. The maximum absolute atomic E-state index is 7.18. The van der Waals surface area contributed by atoms with Crippen LogP contribution in [-0.4, -0.2) is 13.2 Å². The highest BCUT2D eigenvalue weighted by molar-refractivity contribution is 7.95. The largest absolute Gasteiger partial charge is 0.493 e. The number of unbranched alkanes of at least 4 members (excludes halogenated alkanes) is 6. The van der Waals surface area contributed by atoms with Crippen molar-refractivity contribution in [1.82, 2.24) is 0 Å². The smallest absolute Gasteiger partial charge is 0.134 e. The van der Waals surface area contributed by atoms with Gasteiger partial charge < -0.3 is 9.47 Å². The molecule has 0 bridgehead atoms. The Kier molecular flexibility index (Phi) is 15.8. The molecule has 2 nitrogen and oxygen atoms in total. The molecule has 8 aromatic carbocycles. The van der Waals surface area contributed by atoms with Gasteiger partial charge in [0.1, 0.15) is 70.2 Å². The summed E-state index contributed by atoms with van der Waals surface area (Å²) in [5.41, 5.74) is 2.49. The van der Waals surface area contributed by atoms with Crippen LogP contribution in [0.4, 0.5) is 0 Å². The lowest BCUT2D eigenvalue weighted by atomic mass is 10.0. The van der Waals surface area contributed by atoms with Gasteiger partial charge in [-0.15, -0.1) is 0 Å². The molecule has 0 spiro atoms. The van der Waals surface area contributed by atoms with Gasteiger partial charge in [-0.3, -0.25) is 0 Å².